The van der Waals surface area contributed by atoms with Crippen LogP contribution in [0.2, 0.25) is 0 Å². The topological polar surface area (TPSA) is 86.5 Å². The summed E-state index contributed by atoms with van der Waals surface area (Å²) in [6.45, 7) is 1.50. The van der Waals surface area contributed by atoms with Gasteiger partial charge in [0.25, 0.3) is 0 Å². The van der Waals surface area contributed by atoms with E-state index in [1.54, 1.807) is 0 Å². The van der Waals surface area contributed by atoms with E-state index in [4.69, 9.17) is 5.73 Å². The van der Waals surface area contributed by atoms with Crippen molar-refractivity contribution in [1.82, 2.24) is 0 Å². The number of hydrogen-bond acceptors (Lipinski definition) is 6. The van der Waals surface area contributed by atoms with Crippen LogP contribution in [0.1, 0.15) is 19.8 Å². The number of Topliss-reactive ketones (excluding diaryl/α,β-unsaturated/α-hetero) is 1. The summed E-state index contributed by atoms with van der Waals surface area (Å²) in [6, 6.07) is -0.902. The molecule has 0 aromatic heterocycles. The van der Waals surface area contributed by atoms with Crippen molar-refractivity contribution in [3.8, 4) is 0 Å². The zero-order valence-electron chi connectivity index (χ0n) is 7.86. The lowest BCUT2D eigenvalue weighted by Gasteiger charge is -2.07. The molecule has 0 bridgehead atoms. The average Bonchev–Trinajstić information content (AvgIpc) is 2.16. The first kappa shape index (κ1) is 13.1. The lowest BCUT2D eigenvalue weighted by atomic mass is 10.2. The number of carbonyl (C=O) groups is 3. The second-order valence-corrected chi connectivity index (χ2v) is 3.05. The van der Waals surface area contributed by atoms with Gasteiger partial charge in [0.1, 0.15) is 6.04 Å². The highest BCUT2D eigenvalue weighted by Crippen LogP contribution is 1.96. The highest BCUT2D eigenvalue weighted by atomic mass is 32.1. The van der Waals surface area contributed by atoms with E-state index in [-0.39, 0.29) is 6.42 Å². The number of carbonyl (C=O) groups excluding carboxylic acids is 3. The maximum atomic E-state index is 11.0. The highest BCUT2D eigenvalue weighted by Gasteiger charge is 2.21. The lowest BCUT2D eigenvalue weighted by molar-refractivity contribution is -0.165. The molecule has 0 heterocycles. The van der Waals surface area contributed by atoms with Crippen LogP contribution in [-0.2, 0) is 19.1 Å². The van der Waals surface area contributed by atoms with Gasteiger partial charge in [-0.1, -0.05) is 6.92 Å². The molecule has 14 heavy (non-hydrogen) atoms. The van der Waals surface area contributed by atoms with Crippen LogP contribution < -0.4 is 5.73 Å². The molecular formula is C8H13NO4S. The Balaban J connectivity index is 4.06. The largest absolute Gasteiger partial charge is 0.386 e. The Morgan fingerprint density at radius 2 is 2.00 bits per heavy atom. The van der Waals surface area contributed by atoms with Gasteiger partial charge in [0.15, 0.2) is 0 Å². The van der Waals surface area contributed by atoms with E-state index in [1.807, 2.05) is 0 Å². The lowest BCUT2D eigenvalue weighted by Crippen LogP contribution is -2.35. The number of nitrogens with two attached hydrogens (primary N) is 1. The first-order valence-corrected chi connectivity index (χ1v) is 4.81. The van der Waals surface area contributed by atoms with E-state index in [2.05, 4.69) is 17.4 Å². The van der Waals surface area contributed by atoms with E-state index < -0.39 is 23.8 Å². The van der Waals surface area contributed by atoms with Crippen molar-refractivity contribution in [3.63, 3.8) is 0 Å². The molecule has 5 nitrogen and oxygen atoms in total. The van der Waals surface area contributed by atoms with Crippen LogP contribution in [0.3, 0.4) is 0 Å². The standard InChI is InChI=1S/C8H13NO4S/c1-2-6(10)8(12)13-7(11)5(9)3-4-14/h5,14H,2-4,9H2,1H3/t5-/m1/s1. The van der Waals surface area contributed by atoms with Gasteiger partial charge in [-0.15, -0.1) is 0 Å². The predicted octanol–water partition coefficient (Wildman–Crippen LogP) is -0.317. The van der Waals surface area contributed by atoms with Crippen molar-refractivity contribution in [2.45, 2.75) is 25.8 Å². The summed E-state index contributed by atoms with van der Waals surface area (Å²) in [5.74, 6) is -2.36. The van der Waals surface area contributed by atoms with Crippen LogP contribution in [0.15, 0.2) is 0 Å². The maximum absolute atomic E-state index is 11.0. The van der Waals surface area contributed by atoms with Gasteiger partial charge in [-0.2, -0.15) is 12.6 Å². The summed E-state index contributed by atoms with van der Waals surface area (Å²) >= 11 is 3.86. The first-order chi connectivity index (χ1) is 6.52. The van der Waals surface area contributed by atoms with E-state index in [9.17, 15) is 14.4 Å². The summed E-state index contributed by atoms with van der Waals surface area (Å²) in [5, 5.41) is 0. The number of hydrogen-bond donors (Lipinski definition) is 2. The molecule has 0 aromatic rings. The van der Waals surface area contributed by atoms with Crippen LogP contribution in [0, 0.1) is 0 Å². The fourth-order valence-electron chi connectivity index (χ4n) is 0.625. The molecule has 1 atom stereocenters. The first-order valence-electron chi connectivity index (χ1n) is 4.18. The molecule has 0 amide bonds. The molecule has 0 radical (unpaired) electrons. The number of ether oxygens (including phenoxy) is 1. The summed E-state index contributed by atoms with van der Waals surface area (Å²) in [5.41, 5.74) is 5.33. The molecule has 0 fully saturated rings. The summed E-state index contributed by atoms with van der Waals surface area (Å²) in [4.78, 5) is 32.6. The Hall–Kier alpha value is -0.880. The molecule has 0 unspecified atom stereocenters. The second kappa shape index (κ2) is 6.56. The quantitative estimate of drug-likeness (QED) is 0.286. The Bertz CT molecular complexity index is 241. The smallest absolute Gasteiger partial charge is 0.382 e. The number of thiol groups is 1. The summed E-state index contributed by atoms with van der Waals surface area (Å²) in [6.07, 6.45) is 0.309. The van der Waals surface area contributed by atoms with Gasteiger partial charge >= 0.3 is 11.9 Å². The molecule has 0 saturated heterocycles. The zero-order valence-corrected chi connectivity index (χ0v) is 8.75. The molecule has 0 aliphatic rings. The monoisotopic (exact) mass is 219 g/mol. The van der Waals surface area contributed by atoms with Crippen molar-refractivity contribution < 1.29 is 19.1 Å². The number of rotatable bonds is 5. The Morgan fingerprint density at radius 3 is 2.43 bits per heavy atom. The van der Waals surface area contributed by atoms with Crippen LogP contribution in [-0.4, -0.2) is 29.5 Å². The fraction of sp³-hybridized carbons (Fsp3) is 0.625. The minimum Gasteiger partial charge on any atom is -0.386 e. The predicted molar refractivity (Wildman–Crippen MR) is 52.8 cm³/mol. The molecule has 0 rings (SSSR count). The van der Waals surface area contributed by atoms with Gasteiger partial charge in [-0.05, 0) is 12.2 Å². The van der Waals surface area contributed by atoms with Crippen LogP contribution in [0.4, 0.5) is 0 Å². The Kier molecular flexibility index (Phi) is 6.14. The van der Waals surface area contributed by atoms with E-state index >= 15 is 0 Å². The molecule has 0 saturated carbocycles. The van der Waals surface area contributed by atoms with Crippen LogP contribution in [0.5, 0.6) is 0 Å². The molecule has 0 aromatic carbocycles. The Labute approximate surface area is 87.4 Å². The Morgan fingerprint density at radius 1 is 1.43 bits per heavy atom. The van der Waals surface area contributed by atoms with Crippen LogP contribution in [0.25, 0.3) is 0 Å². The normalized spacial score (nSPS) is 11.9. The van der Waals surface area contributed by atoms with Crippen LogP contribution >= 0.6 is 12.6 Å². The van der Waals surface area contributed by atoms with Gasteiger partial charge < -0.3 is 10.5 Å². The zero-order chi connectivity index (χ0) is 11.1. The molecule has 2 N–H and O–H groups in total. The number of esters is 2. The van der Waals surface area contributed by atoms with Gasteiger partial charge in [0.2, 0.25) is 5.78 Å². The van der Waals surface area contributed by atoms with E-state index in [0.717, 1.165) is 0 Å². The van der Waals surface area contributed by atoms with Crippen molar-refractivity contribution >= 4 is 30.4 Å². The molecule has 80 valence electrons. The minimum atomic E-state index is -1.15. The minimum absolute atomic E-state index is 0.00786. The van der Waals surface area contributed by atoms with Crippen molar-refractivity contribution in [2.24, 2.45) is 5.73 Å². The van der Waals surface area contributed by atoms with Crippen molar-refractivity contribution in [2.75, 3.05) is 5.75 Å². The van der Waals surface area contributed by atoms with Gasteiger partial charge in [0, 0.05) is 6.42 Å². The average molecular weight is 219 g/mol. The second-order valence-electron chi connectivity index (χ2n) is 2.60. The highest BCUT2D eigenvalue weighted by molar-refractivity contribution is 7.80. The third-order valence-electron chi connectivity index (χ3n) is 1.48. The van der Waals surface area contributed by atoms with Gasteiger partial charge in [-0.3, -0.25) is 4.79 Å². The van der Waals surface area contributed by atoms with Crippen molar-refractivity contribution in [1.29, 1.82) is 0 Å². The van der Waals surface area contributed by atoms with E-state index in [0.29, 0.717) is 12.2 Å². The molecule has 0 spiro atoms. The third kappa shape index (κ3) is 4.38. The van der Waals surface area contributed by atoms with E-state index in [1.165, 1.54) is 6.92 Å². The maximum Gasteiger partial charge on any atom is 0.382 e. The molecule has 0 aliphatic carbocycles. The molecule has 6 heteroatoms. The third-order valence-corrected chi connectivity index (χ3v) is 1.74. The SMILES string of the molecule is CCC(=O)C(=O)OC(=O)[C@H](N)CCS. The van der Waals surface area contributed by atoms with Gasteiger partial charge in [-0.25, -0.2) is 9.59 Å². The molecular weight excluding hydrogens is 206 g/mol. The molecule has 0 aliphatic heterocycles. The summed E-state index contributed by atoms with van der Waals surface area (Å²) in [7, 11) is 0. The summed E-state index contributed by atoms with van der Waals surface area (Å²) < 4.78 is 4.23. The van der Waals surface area contributed by atoms with Gasteiger partial charge in [0.05, 0.1) is 0 Å². The number of ketones is 1. The van der Waals surface area contributed by atoms with Crippen molar-refractivity contribution in [3.05, 3.63) is 0 Å². The fourth-order valence-corrected chi connectivity index (χ4v) is 0.903.